The molecular formula is C19H18N2OS. The Morgan fingerprint density at radius 3 is 2.30 bits per heavy atom. The highest BCUT2D eigenvalue weighted by molar-refractivity contribution is 7.15. The smallest absolute Gasteiger partial charge is 0.123 e. The molecule has 0 atom stereocenters. The van der Waals surface area contributed by atoms with Crippen LogP contribution in [-0.4, -0.2) is 24.2 Å². The topological polar surface area (TPSA) is 36.4 Å². The van der Waals surface area contributed by atoms with Crippen LogP contribution in [0.2, 0.25) is 0 Å². The second-order valence-electron chi connectivity index (χ2n) is 5.43. The van der Waals surface area contributed by atoms with E-state index in [9.17, 15) is 5.11 Å². The van der Waals surface area contributed by atoms with Crippen LogP contribution in [0.15, 0.2) is 54.7 Å². The lowest BCUT2D eigenvalue weighted by Crippen LogP contribution is -2.07. The molecule has 0 unspecified atom stereocenters. The van der Waals surface area contributed by atoms with Crippen molar-refractivity contribution in [3.05, 3.63) is 65.2 Å². The van der Waals surface area contributed by atoms with Crippen molar-refractivity contribution < 1.29 is 5.11 Å². The van der Waals surface area contributed by atoms with E-state index >= 15 is 0 Å². The average molecular weight is 322 g/mol. The van der Waals surface area contributed by atoms with Crippen LogP contribution < -0.4 is 4.90 Å². The molecule has 116 valence electrons. The number of aromatic hydroxyl groups is 1. The van der Waals surface area contributed by atoms with Crippen LogP contribution in [-0.2, 0) is 0 Å². The Bertz CT molecular complexity index is 802. The Balaban J connectivity index is 1.76. The average Bonchev–Trinajstić information content (AvgIpc) is 3.03. The zero-order chi connectivity index (χ0) is 16.2. The number of phenolic OH excluding ortho intramolecular Hbond substituents is 1. The second-order valence-corrected chi connectivity index (χ2v) is 6.50. The molecule has 1 aromatic heterocycles. The van der Waals surface area contributed by atoms with Crippen LogP contribution in [0.1, 0.15) is 10.4 Å². The van der Waals surface area contributed by atoms with E-state index in [2.05, 4.69) is 34.1 Å². The van der Waals surface area contributed by atoms with Crippen molar-refractivity contribution in [1.29, 1.82) is 0 Å². The Kier molecular flexibility index (Phi) is 4.44. The van der Waals surface area contributed by atoms with Gasteiger partial charge in [-0.15, -0.1) is 11.3 Å². The summed E-state index contributed by atoms with van der Waals surface area (Å²) in [5, 5.41) is 10.3. The van der Waals surface area contributed by atoms with Crippen molar-refractivity contribution in [2.45, 2.75) is 0 Å². The van der Waals surface area contributed by atoms with Gasteiger partial charge in [0.2, 0.25) is 0 Å². The van der Waals surface area contributed by atoms with Crippen LogP contribution in [0.5, 0.6) is 5.75 Å². The van der Waals surface area contributed by atoms with Crippen LogP contribution in [0.25, 0.3) is 22.7 Å². The molecule has 0 fully saturated rings. The number of thiazole rings is 1. The van der Waals surface area contributed by atoms with Gasteiger partial charge in [-0.25, -0.2) is 4.98 Å². The fourth-order valence-electron chi connectivity index (χ4n) is 2.16. The van der Waals surface area contributed by atoms with E-state index in [0.29, 0.717) is 0 Å². The lowest BCUT2D eigenvalue weighted by Gasteiger charge is -2.11. The van der Waals surface area contributed by atoms with Crippen molar-refractivity contribution in [2.24, 2.45) is 0 Å². The number of hydrogen-bond donors (Lipinski definition) is 1. The number of phenols is 1. The summed E-state index contributed by atoms with van der Waals surface area (Å²) in [6, 6.07) is 15.5. The van der Waals surface area contributed by atoms with E-state index in [1.165, 1.54) is 5.69 Å². The maximum atomic E-state index is 9.29. The molecule has 3 nitrogen and oxygen atoms in total. The molecule has 2 aromatic carbocycles. The van der Waals surface area contributed by atoms with Crippen molar-refractivity contribution >= 4 is 29.2 Å². The van der Waals surface area contributed by atoms with Gasteiger partial charge in [0.05, 0.1) is 0 Å². The zero-order valence-corrected chi connectivity index (χ0v) is 13.9. The van der Waals surface area contributed by atoms with E-state index < -0.39 is 0 Å². The Morgan fingerprint density at radius 2 is 1.65 bits per heavy atom. The standard InChI is InChI=1S/C19H18N2OS/c1-21(2)16-8-6-15(7-9-16)19-20-13-18(23-19)12-5-14-3-10-17(22)11-4-14/h3-13,22H,1-2H3. The van der Waals surface area contributed by atoms with Gasteiger partial charge in [-0.1, -0.05) is 18.2 Å². The lowest BCUT2D eigenvalue weighted by atomic mass is 10.2. The van der Waals surface area contributed by atoms with Crippen molar-refractivity contribution in [1.82, 2.24) is 4.98 Å². The molecule has 23 heavy (non-hydrogen) atoms. The highest BCUT2D eigenvalue weighted by Crippen LogP contribution is 2.28. The SMILES string of the molecule is CN(C)c1ccc(-c2ncc(C=Cc3ccc(O)cc3)s2)cc1. The fraction of sp³-hybridized carbons (Fsp3) is 0.105. The number of aromatic nitrogens is 1. The van der Waals surface area contributed by atoms with Crippen LogP contribution in [0.4, 0.5) is 5.69 Å². The largest absolute Gasteiger partial charge is 0.508 e. The van der Waals surface area contributed by atoms with Crippen molar-refractivity contribution in [2.75, 3.05) is 19.0 Å². The Labute approximate surface area is 140 Å². The molecule has 3 aromatic rings. The Morgan fingerprint density at radius 1 is 0.957 bits per heavy atom. The fourth-order valence-corrected chi connectivity index (χ4v) is 2.99. The molecular weight excluding hydrogens is 304 g/mol. The van der Waals surface area contributed by atoms with Gasteiger partial charge >= 0.3 is 0 Å². The van der Waals surface area contributed by atoms with Gasteiger partial charge < -0.3 is 10.0 Å². The minimum Gasteiger partial charge on any atom is -0.508 e. The molecule has 0 saturated carbocycles. The first-order valence-electron chi connectivity index (χ1n) is 7.32. The van der Waals surface area contributed by atoms with Crippen molar-refractivity contribution in [3.8, 4) is 16.3 Å². The maximum Gasteiger partial charge on any atom is 0.123 e. The highest BCUT2D eigenvalue weighted by Gasteiger charge is 2.04. The summed E-state index contributed by atoms with van der Waals surface area (Å²) in [5.74, 6) is 0.281. The monoisotopic (exact) mass is 322 g/mol. The molecule has 1 heterocycles. The lowest BCUT2D eigenvalue weighted by molar-refractivity contribution is 0.475. The second kappa shape index (κ2) is 6.67. The molecule has 0 aliphatic rings. The molecule has 4 heteroatoms. The summed E-state index contributed by atoms with van der Waals surface area (Å²) in [4.78, 5) is 7.68. The van der Waals surface area contributed by atoms with Gasteiger partial charge in [-0.2, -0.15) is 0 Å². The normalized spacial score (nSPS) is 11.0. The van der Waals surface area contributed by atoms with Gasteiger partial charge in [-0.05, 0) is 48.0 Å². The number of nitrogens with zero attached hydrogens (tertiary/aromatic N) is 2. The predicted octanol–water partition coefficient (Wildman–Crippen LogP) is 4.75. The summed E-state index contributed by atoms with van der Waals surface area (Å²) >= 11 is 1.66. The molecule has 0 aliphatic carbocycles. The van der Waals surface area contributed by atoms with Crippen LogP contribution in [0.3, 0.4) is 0 Å². The summed E-state index contributed by atoms with van der Waals surface area (Å²) in [7, 11) is 4.06. The molecule has 0 spiro atoms. The molecule has 0 radical (unpaired) electrons. The molecule has 0 aliphatic heterocycles. The van der Waals surface area contributed by atoms with E-state index in [1.54, 1.807) is 23.5 Å². The minimum absolute atomic E-state index is 0.281. The predicted molar refractivity (Wildman–Crippen MR) is 98.9 cm³/mol. The highest BCUT2D eigenvalue weighted by atomic mass is 32.1. The quantitative estimate of drug-likeness (QED) is 0.753. The van der Waals surface area contributed by atoms with Gasteiger partial charge in [0, 0.05) is 36.4 Å². The summed E-state index contributed by atoms with van der Waals surface area (Å²) in [6.07, 6.45) is 5.95. The van der Waals surface area contributed by atoms with Gasteiger partial charge in [0.1, 0.15) is 10.8 Å². The third-order valence-corrected chi connectivity index (χ3v) is 4.50. The molecule has 0 amide bonds. The summed E-state index contributed by atoms with van der Waals surface area (Å²) in [5.41, 5.74) is 3.36. The summed E-state index contributed by atoms with van der Waals surface area (Å²) < 4.78 is 0. The number of hydrogen-bond acceptors (Lipinski definition) is 4. The number of anilines is 1. The Hall–Kier alpha value is -2.59. The third-order valence-electron chi connectivity index (χ3n) is 3.49. The summed E-state index contributed by atoms with van der Waals surface area (Å²) in [6.45, 7) is 0. The number of benzene rings is 2. The number of rotatable bonds is 4. The molecule has 1 N–H and O–H groups in total. The van der Waals surface area contributed by atoms with Crippen molar-refractivity contribution in [3.63, 3.8) is 0 Å². The van der Waals surface area contributed by atoms with E-state index in [0.717, 1.165) is 21.0 Å². The van der Waals surface area contributed by atoms with E-state index in [4.69, 9.17) is 0 Å². The molecule has 3 rings (SSSR count). The van der Waals surface area contributed by atoms with Crippen LogP contribution in [0, 0.1) is 0 Å². The van der Waals surface area contributed by atoms with Gasteiger partial charge in [0.25, 0.3) is 0 Å². The first kappa shape index (κ1) is 15.3. The molecule has 0 bridgehead atoms. The third kappa shape index (κ3) is 3.79. The van der Waals surface area contributed by atoms with E-state index in [1.807, 2.05) is 44.6 Å². The minimum atomic E-state index is 0.281. The first-order valence-corrected chi connectivity index (χ1v) is 8.14. The van der Waals surface area contributed by atoms with Crippen LogP contribution >= 0.6 is 11.3 Å². The molecule has 0 saturated heterocycles. The van der Waals surface area contributed by atoms with E-state index in [-0.39, 0.29) is 5.75 Å². The van der Waals surface area contributed by atoms with Gasteiger partial charge in [-0.3, -0.25) is 0 Å². The zero-order valence-electron chi connectivity index (χ0n) is 13.1. The first-order chi connectivity index (χ1) is 11.1. The maximum absolute atomic E-state index is 9.29. The van der Waals surface area contributed by atoms with Gasteiger partial charge in [0.15, 0.2) is 0 Å².